The Morgan fingerprint density at radius 1 is 0.640 bits per heavy atom. The van der Waals surface area contributed by atoms with Gasteiger partial charge in [-0.1, -0.05) is 54.6 Å². The van der Waals surface area contributed by atoms with E-state index in [9.17, 15) is 0 Å². The van der Waals surface area contributed by atoms with Gasteiger partial charge >= 0.3 is 0 Å². The number of thiophene rings is 1. The lowest BCUT2D eigenvalue weighted by Gasteiger charge is -2.10. The summed E-state index contributed by atoms with van der Waals surface area (Å²) >= 11 is 5.31. The van der Waals surface area contributed by atoms with Gasteiger partial charge in [0.1, 0.15) is 0 Å². The zero-order valence-electron chi connectivity index (χ0n) is 13.4. The van der Waals surface area contributed by atoms with Crippen LogP contribution < -0.4 is 5.32 Å². The van der Waals surface area contributed by atoms with Crippen LogP contribution in [0.3, 0.4) is 0 Å². The van der Waals surface area contributed by atoms with Gasteiger partial charge in [0.2, 0.25) is 0 Å². The van der Waals surface area contributed by atoms with Gasteiger partial charge in [0.25, 0.3) is 0 Å². The molecular weight excluding hydrogens is 390 g/mol. The number of nitrogens with one attached hydrogen (secondary N) is 1. The molecule has 122 valence electrons. The molecule has 0 bridgehead atoms. The van der Waals surface area contributed by atoms with E-state index in [2.05, 4.69) is 105 Å². The monoisotopic (exact) mass is 405 g/mol. The zero-order chi connectivity index (χ0) is 17.1. The van der Waals surface area contributed by atoms with E-state index in [0.29, 0.717) is 0 Å². The summed E-state index contributed by atoms with van der Waals surface area (Å²) in [6.07, 6.45) is 0. The highest BCUT2D eigenvalue weighted by atomic mass is 79.9. The third kappa shape index (κ3) is 3.68. The summed E-state index contributed by atoms with van der Waals surface area (Å²) in [6, 6.07) is 29.6. The van der Waals surface area contributed by atoms with E-state index in [1.165, 1.54) is 26.0 Å². The van der Waals surface area contributed by atoms with E-state index in [1.54, 1.807) is 11.3 Å². The second-order valence-electron chi connectivity index (χ2n) is 5.76. The van der Waals surface area contributed by atoms with Crippen molar-refractivity contribution < 1.29 is 0 Å². The minimum absolute atomic E-state index is 1.08. The normalized spacial score (nSPS) is 10.6. The predicted octanol–water partition coefficient (Wildman–Crippen LogP) is 7.59. The lowest BCUT2D eigenvalue weighted by Crippen LogP contribution is -1.90. The minimum Gasteiger partial charge on any atom is -0.356 e. The molecule has 0 fully saturated rings. The van der Waals surface area contributed by atoms with Crippen LogP contribution in [0.25, 0.3) is 22.3 Å². The molecule has 25 heavy (non-hydrogen) atoms. The minimum atomic E-state index is 1.08. The number of benzene rings is 3. The van der Waals surface area contributed by atoms with Crippen LogP contribution in [0.5, 0.6) is 0 Å². The molecule has 1 aromatic heterocycles. The molecule has 0 aliphatic heterocycles. The second-order valence-corrected chi connectivity index (χ2v) is 7.99. The first-order chi connectivity index (χ1) is 12.3. The fraction of sp³-hybridized carbons (Fsp3) is 0. The Morgan fingerprint density at radius 2 is 1.40 bits per heavy atom. The van der Waals surface area contributed by atoms with E-state index < -0.39 is 0 Å². The summed E-state index contributed by atoms with van der Waals surface area (Å²) in [6.45, 7) is 0. The smallest absolute Gasteiger partial charge is 0.0776 e. The summed E-state index contributed by atoms with van der Waals surface area (Å²) in [4.78, 5) is 0. The van der Waals surface area contributed by atoms with Crippen molar-refractivity contribution in [1.29, 1.82) is 0 Å². The second kappa shape index (κ2) is 7.26. The molecule has 0 saturated heterocycles. The van der Waals surface area contributed by atoms with Crippen LogP contribution in [0.15, 0.2) is 94.1 Å². The van der Waals surface area contributed by atoms with Crippen molar-refractivity contribution in [2.45, 2.75) is 0 Å². The Morgan fingerprint density at radius 3 is 2.12 bits per heavy atom. The lowest BCUT2D eigenvalue weighted by atomic mass is 10.1. The molecule has 0 aliphatic carbocycles. The summed E-state index contributed by atoms with van der Waals surface area (Å²) in [5, 5.41) is 5.59. The van der Waals surface area contributed by atoms with Gasteiger partial charge in [0.05, 0.1) is 3.79 Å². The highest BCUT2D eigenvalue weighted by Gasteiger charge is 2.04. The van der Waals surface area contributed by atoms with Crippen molar-refractivity contribution in [3.8, 4) is 22.3 Å². The number of anilines is 2. The van der Waals surface area contributed by atoms with E-state index in [-0.39, 0.29) is 0 Å². The van der Waals surface area contributed by atoms with Crippen LogP contribution in [0, 0.1) is 0 Å². The molecular formula is C22H16BrNS. The zero-order valence-corrected chi connectivity index (χ0v) is 15.8. The van der Waals surface area contributed by atoms with Crippen molar-refractivity contribution in [2.75, 3.05) is 5.32 Å². The van der Waals surface area contributed by atoms with Gasteiger partial charge in [-0.05, 0) is 68.3 Å². The molecule has 1 N–H and O–H groups in total. The molecule has 1 heterocycles. The summed E-state index contributed by atoms with van der Waals surface area (Å²) < 4.78 is 1.17. The van der Waals surface area contributed by atoms with E-state index in [1.807, 2.05) is 6.07 Å². The lowest BCUT2D eigenvalue weighted by molar-refractivity contribution is 1.53. The molecule has 0 aliphatic rings. The van der Waals surface area contributed by atoms with Gasteiger partial charge in [-0.3, -0.25) is 0 Å². The van der Waals surface area contributed by atoms with Gasteiger partial charge < -0.3 is 5.32 Å². The van der Waals surface area contributed by atoms with Crippen molar-refractivity contribution >= 4 is 38.6 Å². The van der Waals surface area contributed by atoms with Gasteiger partial charge in [0, 0.05) is 16.9 Å². The summed E-state index contributed by atoms with van der Waals surface area (Å²) in [5.41, 5.74) is 7.07. The molecule has 0 saturated carbocycles. The van der Waals surface area contributed by atoms with E-state index >= 15 is 0 Å². The van der Waals surface area contributed by atoms with E-state index in [4.69, 9.17) is 0 Å². The van der Waals surface area contributed by atoms with Crippen LogP contribution in [0.2, 0.25) is 0 Å². The SMILES string of the molecule is Brc1sccc1-c1ccc(Nc2cccc(-c3ccccc3)c2)cc1. The van der Waals surface area contributed by atoms with Gasteiger partial charge in [0.15, 0.2) is 0 Å². The Balaban J connectivity index is 1.56. The molecule has 0 atom stereocenters. The fourth-order valence-electron chi connectivity index (χ4n) is 2.81. The van der Waals surface area contributed by atoms with Crippen LogP contribution >= 0.6 is 27.3 Å². The molecule has 3 heteroatoms. The maximum atomic E-state index is 3.61. The quantitative estimate of drug-likeness (QED) is 0.368. The molecule has 0 spiro atoms. The average molecular weight is 406 g/mol. The largest absolute Gasteiger partial charge is 0.356 e. The first kappa shape index (κ1) is 16.1. The number of rotatable bonds is 4. The van der Waals surface area contributed by atoms with Crippen LogP contribution in [0.4, 0.5) is 11.4 Å². The molecule has 0 unspecified atom stereocenters. The first-order valence-electron chi connectivity index (χ1n) is 8.05. The van der Waals surface area contributed by atoms with Crippen molar-refractivity contribution in [3.05, 3.63) is 94.1 Å². The van der Waals surface area contributed by atoms with Gasteiger partial charge in [-0.2, -0.15) is 0 Å². The summed E-state index contributed by atoms with van der Waals surface area (Å²) in [7, 11) is 0. The highest BCUT2D eigenvalue weighted by Crippen LogP contribution is 2.33. The summed E-state index contributed by atoms with van der Waals surface area (Å²) in [5.74, 6) is 0. The molecule has 4 rings (SSSR count). The number of hydrogen-bond donors (Lipinski definition) is 1. The predicted molar refractivity (Wildman–Crippen MR) is 113 cm³/mol. The van der Waals surface area contributed by atoms with Crippen molar-refractivity contribution in [2.24, 2.45) is 0 Å². The maximum absolute atomic E-state index is 3.61. The van der Waals surface area contributed by atoms with Crippen LogP contribution in [-0.2, 0) is 0 Å². The van der Waals surface area contributed by atoms with Gasteiger partial charge in [-0.15, -0.1) is 11.3 Å². The first-order valence-corrected chi connectivity index (χ1v) is 9.73. The third-order valence-electron chi connectivity index (χ3n) is 4.07. The Labute approximate surface area is 160 Å². The molecule has 4 aromatic rings. The van der Waals surface area contributed by atoms with Crippen molar-refractivity contribution in [3.63, 3.8) is 0 Å². The van der Waals surface area contributed by atoms with Gasteiger partial charge in [-0.25, -0.2) is 0 Å². The Kier molecular flexibility index (Phi) is 4.68. The standard InChI is InChI=1S/C22H16BrNS/c23-22-21(13-14-25-22)17-9-11-19(12-10-17)24-20-8-4-7-18(15-20)16-5-2-1-3-6-16/h1-15,24H. The number of halogens is 1. The van der Waals surface area contributed by atoms with Crippen LogP contribution in [0.1, 0.15) is 0 Å². The topological polar surface area (TPSA) is 12.0 Å². The highest BCUT2D eigenvalue weighted by molar-refractivity contribution is 9.11. The molecule has 0 amide bonds. The Bertz CT molecular complexity index is 974. The molecule has 0 radical (unpaired) electrons. The molecule has 3 aromatic carbocycles. The number of hydrogen-bond acceptors (Lipinski definition) is 2. The Hall–Kier alpha value is -2.36. The van der Waals surface area contributed by atoms with Crippen LogP contribution in [-0.4, -0.2) is 0 Å². The molecule has 1 nitrogen and oxygen atoms in total. The average Bonchev–Trinajstić information content (AvgIpc) is 3.09. The van der Waals surface area contributed by atoms with Crippen molar-refractivity contribution in [1.82, 2.24) is 0 Å². The van der Waals surface area contributed by atoms with E-state index in [0.717, 1.165) is 11.4 Å². The maximum Gasteiger partial charge on any atom is 0.0776 e. The third-order valence-corrected chi connectivity index (χ3v) is 5.76. The fourth-order valence-corrected chi connectivity index (χ4v) is 4.13.